The Kier molecular flexibility index (Phi) is 2.23. The molecule has 0 atom stereocenters. The molecular weight excluding hydrogens is 238 g/mol. The van der Waals surface area contributed by atoms with Crippen molar-refractivity contribution in [2.24, 2.45) is 7.05 Å². The van der Waals surface area contributed by atoms with Crippen LogP contribution in [0.5, 0.6) is 0 Å². The van der Waals surface area contributed by atoms with Crippen LogP contribution in [0.1, 0.15) is 5.56 Å². The van der Waals surface area contributed by atoms with Gasteiger partial charge in [-0.2, -0.15) is 0 Å². The van der Waals surface area contributed by atoms with Crippen molar-refractivity contribution in [3.8, 4) is 0 Å². The highest BCUT2D eigenvalue weighted by atomic mass is 35.5. The van der Waals surface area contributed by atoms with E-state index in [1.54, 1.807) is 0 Å². The first kappa shape index (κ1) is 10.4. The second kappa shape index (κ2) is 3.64. The lowest BCUT2D eigenvalue weighted by Gasteiger charge is -2.00. The van der Waals surface area contributed by atoms with Gasteiger partial charge in [0.05, 0.1) is 0 Å². The number of hydrogen-bond acceptors (Lipinski definition) is 2. The fourth-order valence-corrected chi connectivity index (χ4v) is 2.32. The molecule has 0 saturated heterocycles. The summed E-state index contributed by atoms with van der Waals surface area (Å²) >= 11 is 5.97. The summed E-state index contributed by atoms with van der Waals surface area (Å²) in [6.07, 6.45) is 1.93. The zero-order valence-electron chi connectivity index (χ0n) is 9.24. The van der Waals surface area contributed by atoms with Crippen LogP contribution >= 0.6 is 11.6 Å². The van der Waals surface area contributed by atoms with E-state index in [2.05, 4.69) is 0 Å². The Hall–Kier alpha value is -1.74. The Morgan fingerprint density at radius 3 is 2.82 bits per heavy atom. The van der Waals surface area contributed by atoms with Crippen LogP contribution in [0.4, 0.5) is 0 Å². The molecule has 3 nitrogen and oxygen atoms in total. The maximum absolute atomic E-state index is 11.4. The molecule has 3 rings (SSSR count). The zero-order chi connectivity index (χ0) is 12.0. The molecule has 0 aliphatic carbocycles. The van der Waals surface area contributed by atoms with E-state index in [0.29, 0.717) is 5.76 Å². The third-order valence-electron chi connectivity index (χ3n) is 2.93. The maximum Gasteiger partial charge on any atom is 0.215 e. The lowest BCUT2D eigenvalue weighted by Crippen LogP contribution is -1.95. The SMILES string of the molecule is Cn1cc(C2=C(Cl)C(=O)CO2)c2ccccc21. The topological polar surface area (TPSA) is 31.2 Å². The number of ketones is 1. The summed E-state index contributed by atoms with van der Waals surface area (Å²) in [4.78, 5) is 11.4. The highest BCUT2D eigenvalue weighted by Gasteiger charge is 2.26. The van der Waals surface area contributed by atoms with Crippen LogP contribution in [0.25, 0.3) is 16.7 Å². The standard InChI is InChI=1S/C13H10ClNO2/c1-15-6-9(8-4-2-3-5-10(8)15)13-12(14)11(16)7-17-13/h2-6H,7H2,1H3. The third-order valence-corrected chi connectivity index (χ3v) is 3.32. The highest BCUT2D eigenvalue weighted by Crippen LogP contribution is 2.34. The van der Waals surface area contributed by atoms with Gasteiger partial charge in [0.1, 0.15) is 5.03 Å². The van der Waals surface area contributed by atoms with Crippen molar-refractivity contribution in [2.45, 2.75) is 0 Å². The number of para-hydroxylation sites is 1. The smallest absolute Gasteiger partial charge is 0.215 e. The molecule has 2 aromatic rings. The van der Waals surface area contributed by atoms with Crippen molar-refractivity contribution in [1.82, 2.24) is 4.57 Å². The first-order valence-corrected chi connectivity index (χ1v) is 5.66. The molecule has 1 aliphatic heterocycles. The van der Waals surface area contributed by atoms with Gasteiger partial charge in [0.25, 0.3) is 0 Å². The predicted molar refractivity (Wildman–Crippen MR) is 66.7 cm³/mol. The van der Waals surface area contributed by atoms with Crippen LogP contribution in [0.2, 0.25) is 0 Å². The Labute approximate surface area is 103 Å². The van der Waals surface area contributed by atoms with E-state index < -0.39 is 0 Å². The Morgan fingerprint density at radius 2 is 2.12 bits per heavy atom. The van der Waals surface area contributed by atoms with Crippen LogP contribution in [0.3, 0.4) is 0 Å². The Bertz CT molecular complexity index is 654. The van der Waals surface area contributed by atoms with Gasteiger partial charge >= 0.3 is 0 Å². The van der Waals surface area contributed by atoms with Gasteiger partial charge in [-0.15, -0.1) is 0 Å². The van der Waals surface area contributed by atoms with Crippen molar-refractivity contribution in [2.75, 3.05) is 6.61 Å². The van der Waals surface area contributed by atoms with E-state index in [1.807, 2.05) is 42.1 Å². The number of hydrogen-bond donors (Lipinski definition) is 0. The van der Waals surface area contributed by atoms with Crippen molar-refractivity contribution in [3.05, 3.63) is 41.1 Å². The first-order valence-electron chi connectivity index (χ1n) is 5.28. The molecule has 17 heavy (non-hydrogen) atoms. The largest absolute Gasteiger partial charge is 0.483 e. The zero-order valence-corrected chi connectivity index (χ0v) is 9.99. The Morgan fingerprint density at radius 1 is 1.35 bits per heavy atom. The van der Waals surface area contributed by atoms with Gasteiger partial charge in [0, 0.05) is 29.7 Å². The summed E-state index contributed by atoms with van der Waals surface area (Å²) in [5, 5.41) is 1.24. The molecule has 1 aromatic heterocycles. The molecule has 1 aliphatic rings. The number of Topliss-reactive ketones (excluding diaryl/α,β-unsaturated/α-hetero) is 1. The van der Waals surface area contributed by atoms with E-state index in [1.165, 1.54) is 0 Å². The van der Waals surface area contributed by atoms with Crippen LogP contribution in [0.15, 0.2) is 35.5 Å². The highest BCUT2D eigenvalue weighted by molar-refractivity contribution is 6.46. The van der Waals surface area contributed by atoms with Crippen LogP contribution in [0, 0.1) is 0 Å². The van der Waals surface area contributed by atoms with Crippen molar-refractivity contribution in [1.29, 1.82) is 0 Å². The number of ether oxygens (including phenoxy) is 1. The van der Waals surface area contributed by atoms with Crippen LogP contribution < -0.4 is 0 Å². The summed E-state index contributed by atoms with van der Waals surface area (Å²) in [6.45, 7) is 0.0391. The maximum atomic E-state index is 11.4. The average molecular weight is 248 g/mol. The van der Waals surface area contributed by atoms with E-state index in [9.17, 15) is 4.79 Å². The van der Waals surface area contributed by atoms with Gasteiger partial charge in [-0.25, -0.2) is 0 Å². The molecule has 0 spiro atoms. The molecule has 1 aromatic carbocycles. The normalized spacial score (nSPS) is 15.8. The summed E-state index contributed by atoms with van der Waals surface area (Å²) in [7, 11) is 1.96. The van der Waals surface area contributed by atoms with Crippen molar-refractivity contribution >= 4 is 34.0 Å². The lowest BCUT2D eigenvalue weighted by atomic mass is 10.1. The van der Waals surface area contributed by atoms with E-state index >= 15 is 0 Å². The molecule has 0 amide bonds. The molecule has 0 bridgehead atoms. The number of rotatable bonds is 1. The Balaban J connectivity index is 2.29. The fourth-order valence-electron chi connectivity index (χ4n) is 2.11. The second-order valence-electron chi connectivity index (χ2n) is 4.03. The molecule has 0 N–H and O–H groups in total. The fraction of sp³-hybridized carbons (Fsp3) is 0.154. The van der Waals surface area contributed by atoms with Gasteiger partial charge in [0.15, 0.2) is 12.4 Å². The lowest BCUT2D eigenvalue weighted by molar-refractivity contribution is -0.115. The van der Waals surface area contributed by atoms with E-state index in [4.69, 9.17) is 16.3 Å². The van der Waals surface area contributed by atoms with Gasteiger partial charge in [-0.3, -0.25) is 4.79 Å². The number of carbonyl (C=O) groups excluding carboxylic acids is 1. The molecule has 86 valence electrons. The van der Waals surface area contributed by atoms with Gasteiger partial charge in [-0.1, -0.05) is 29.8 Å². The number of aryl methyl sites for hydroxylation is 1. The third kappa shape index (κ3) is 1.46. The molecule has 0 fully saturated rings. The monoisotopic (exact) mass is 247 g/mol. The predicted octanol–water partition coefficient (Wildman–Crippen LogP) is 2.69. The second-order valence-corrected chi connectivity index (χ2v) is 4.40. The molecule has 0 unspecified atom stereocenters. The minimum absolute atomic E-state index is 0.0391. The summed E-state index contributed by atoms with van der Waals surface area (Å²) < 4.78 is 7.36. The summed E-state index contributed by atoms with van der Waals surface area (Å²) in [5.74, 6) is 0.336. The van der Waals surface area contributed by atoms with E-state index in [0.717, 1.165) is 16.5 Å². The van der Waals surface area contributed by atoms with Gasteiger partial charge in [0.2, 0.25) is 5.78 Å². The molecule has 4 heteroatoms. The molecule has 0 radical (unpaired) electrons. The minimum Gasteiger partial charge on any atom is -0.483 e. The number of halogens is 1. The quantitative estimate of drug-likeness (QED) is 0.776. The van der Waals surface area contributed by atoms with Gasteiger partial charge in [-0.05, 0) is 6.07 Å². The van der Waals surface area contributed by atoms with Crippen LogP contribution in [-0.2, 0) is 16.6 Å². The number of benzene rings is 1. The van der Waals surface area contributed by atoms with Crippen molar-refractivity contribution in [3.63, 3.8) is 0 Å². The number of carbonyl (C=O) groups is 1. The number of fused-ring (bicyclic) bond motifs is 1. The minimum atomic E-state index is -0.158. The number of nitrogens with zero attached hydrogens (tertiary/aromatic N) is 1. The summed E-state index contributed by atoms with van der Waals surface area (Å²) in [5.41, 5.74) is 1.96. The van der Waals surface area contributed by atoms with Gasteiger partial charge < -0.3 is 9.30 Å². The molecule has 0 saturated carbocycles. The van der Waals surface area contributed by atoms with E-state index in [-0.39, 0.29) is 17.4 Å². The number of aromatic nitrogens is 1. The molecule has 2 heterocycles. The first-order chi connectivity index (χ1) is 8.18. The van der Waals surface area contributed by atoms with Crippen molar-refractivity contribution < 1.29 is 9.53 Å². The average Bonchev–Trinajstić information content (AvgIpc) is 2.83. The molecular formula is C13H10ClNO2. The van der Waals surface area contributed by atoms with Crippen LogP contribution in [-0.4, -0.2) is 17.0 Å². The summed E-state index contributed by atoms with van der Waals surface area (Å²) in [6, 6.07) is 7.94.